The maximum absolute atomic E-state index is 13.2. The second-order valence-corrected chi connectivity index (χ2v) is 5.68. The molecule has 0 saturated carbocycles. The summed E-state index contributed by atoms with van der Waals surface area (Å²) in [7, 11) is 0. The summed E-state index contributed by atoms with van der Waals surface area (Å²) in [5.74, 6) is 0. The molecule has 0 radical (unpaired) electrons. The number of alkyl halides is 3. The Bertz CT molecular complexity index is 639. The molecular formula is C16H14BrF3O. The molecule has 21 heavy (non-hydrogen) atoms. The lowest BCUT2D eigenvalue weighted by Gasteiger charge is -2.30. The average molecular weight is 359 g/mol. The highest BCUT2D eigenvalue weighted by atomic mass is 79.9. The summed E-state index contributed by atoms with van der Waals surface area (Å²) in [5, 5.41) is 10.9. The zero-order valence-electron chi connectivity index (χ0n) is 11.3. The molecule has 2 aromatic carbocycles. The summed E-state index contributed by atoms with van der Waals surface area (Å²) in [4.78, 5) is 0. The highest BCUT2D eigenvalue weighted by Crippen LogP contribution is 2.41. The second-order valence-electron chi connectivity index (χ2n) is 4.77. The molecule has 0 amide bonds. The van der Waals surface area contributed by atoms with Crippen LogP contribution >= 0.6 is 15.9 Å². The lowest BCUT2D eigenvalue weighted by atomic mass is 9.81. The van der Waals surface area contributed by atoms with Gasteiger partial charge in [-0.1, -0.05) is 53.2 Å². The van der Waals surface area contributed by atoms with E-state index in [1.54, 1.807) is 31.2 Å². The van der Waals surface area contributed by atoms with Crippen LogP contribution in [0.3, 0.4) is 0 Å². The van der Waals surface area contributed by atoms with Gasteiger partial charge in [0.2, 0.25) is 0 Å². The fourth-order valence-corrected chi connectivity index (χ4v) is 2.79. The normalized spacial score (nSPS) is 14.8. The summed E-state index contributed by atoms with van der Waals surface area (Å²) in [6.45, 7) is 1.66. The summed E-state index contributed by atoms with van der Waals surface area (Å²) in [6, 6.07) is 11.9. The van der Waals surface area contributed by atoms with Crippen molar-refractivity contribution in [1.82, 2.24) is 0 Å². The van der Waals surface area contributed by atoms with E-state index in [0.29, 0.717) is 10.0 Å². The molecule has 5 heteroatoms. The van der Waals surface area contributed by atoms with E-state index in [4.69, 9.17) is 0 Å². The number of rotatable bonds is 3. The van der Waals surface area contributed by atoms with Crippen LogP contribution in [0.1, 0.15) is 30.0 Å². The number of aliphatic hydroxyl groups is 1. The van der Waals surface area contributed by atoms with Crippen molar-refractivity contribution in [1.29, 1.82) is 0 Å². The van der Waals surface area contributed by atoms with Crippen molar-refractivity contribution in [3.05, 3.63) is 69.7 Å². The minimum absolute atomic E-state index is 0.127. The summed E-state index contributed by atoms with van der Waals surface area (Å²) in [6.07, 6.45) is -4.37. The van der Waals surface area contributed by atoms with E-state index in [9.17, 15) is 18.3 Å². The van der Waals surface area contributed by atoms with Crippen LogP contribution in [0, 0.1) is 0 Å². The monoisotopic (exact) mass is 358 g/mol. The molecule has 1 nitrogen and oxygen atoms in total. The van der Waals surface area contributed by atoms with Gasteiger partial charge in [-0.3, -0.25) is 0 Å². The van der Waals surface area contributed by atoms with Crippen molar-refractivity contribution >= 4 is 15.9 Å². The Morgan fingerprint density at radius 3 is 2.14 bits per heavy atom. The predicted molar refractivity (Wildman–Crippen MR) is 78.9 cm³/mol. The highest BCUT2D eigenvalue weighted by molar-refractivity contribution is 9.10. The summed E-state index contributed by atoms with van der Waals surface area (Å²) < 4.78 is 40.3. The largest absolute Gasteiger partial charge is 0.416 e. The van der Waals surface area contributed by atoms with Crippen LogP contribution in [0.2, 0.25) is 0 Å². The van der Waals surface area contributed by atoms with Gasteiger partial charge in [-0.05, 0) is 30.2 Å². The van der Waals surface area contributed by atoms with Crippen LogP contribution in [0.25, 0.3) is 0 Å². The van der Waals surface area contributed by atoms with Crippen LogP contribution in [-0.2, 0) is 11.8 Å². The Morgan fingerprint density at radius 1 is 1.00 bits per heavy atom. The van der Waals surface area contributed by atoms with Gasteiger partial charge in [0.25, 0.3) is 0 Å². The smallest absolute Gasteiger partial charge is 0.380 e. The first-order chi connectivity index (χ1) is 9.79. The Balaban J connectivity index is 2.67. The van der Waals surface area contributed by atoms with E-state index in [1.165, 1.54) is 18.2 Å². The van der Waals surface area contributed by atoms with Gasteiger partial charge >= 0.3 is 6.18 Å². The van der Waals surface area contributed by atoms with Gasteiger partial charge in [0.05, 0.1) is 5.56 Å². The molecule has 2 aromatic rings. The molecule has 0 aliphatic rings. The number of benzene rings is 2. The van der Waals surface area contributed by atoms with Crippen molar-refractivity contribution in [2.24, 2.45) is 0 Å². The molecule has 1 N–H and O–H groups in total. The van der Waals surface area contributed by atoms with Gasteiger partial charge < -0.3 is 5.11 Å². The van der Waals surface area contributed by atoms with Crippen LogP contribution in [0.4, 0.5) is 13.2 Å². The minimum atomic E-state index is -4.51. The molecule has 2 rings (SSSR count). The maximum Gasteiger partial charge on any atom is 0.416 e. The molecule has 0 heterocycles. The molecule has 112 valence electrons. The van der Waals surface area contributed by atoms with Gasteiger partial charge in [0.15, 0.2) is 0 Å². The van der Waals surface area contributed by atoms with E-state index in [-0.39, 0.29) is 12.0 Å². The number of halogens is 4. The molecule has 0 bridgehead atoms. The van der Waals surface area contributed by atoms with Gasteiger partial charge in [-0.15, -0.1) is 0 Å². The SMILES string of the molecule is CCC(O)(c1cccc(Br)c1)c1ccccc1C(F)(F)F. The second kappa shape index (κ2) is 5.81. The predicted octanol–water partition coefficient (Wildman–Crippen LogP) is 5.11. The van der Waals surface area contributed by atoms with E-state index in [0.717, 1.165) is 6.07 Å². The van der Waals surface area contributed by atoms with Crippen molar-refractivity contribution < 1.29 is 18.3 Å². The molecular weight excluding hydrogens is 345 g/mol. The molecule has 1 unspecified atom stereocenters. The zero-order chi connectivity index (χ0) is 15.7. The van der Waals surface area contributed by atoms with E-state index in [2.05, 4.69) is 15.9 Å². The fourth-order valence-electron chi connectivity index (χ4n) is 2.39. The Morgan fingerprint density at radius 2 is 1.62 bits per heavy atom. The van der Waals surface area contributed by atoms with E-state index >= 15 is 0 Å². The quantitative estimate of drug-likeness (QED) is 0.807. The van der Waals surface area contributed by atoms with Gasteiger partial charge in [-0.2, -0.15) is 13.2 Å². The first-order valence-electron chi connectivity index (χ1n) is 6.44. The van der Waals surface area contributed by atoms with Crippen LogP contribution < -0.4 is 0 Å². The van der Waals surface area contributed by atoms with E-state index < -0.39 is 17.3 Å². The standard InChI is InChI=1S/C16H14BrF3O/c1-2-15(21,11-6-5-7-12(17)10-11)13-8-3-4-9-14(13)16(18,19)20/h3-10,21H,2H2,1H3. The first kappa shape index (κ1) is 16.0. The topological polar surface area (TPSA) is 20.2 Å². The van der Waals surface area contributed by atoms with Crippen molar-refractivity contribution in [3.8, 4) is 0 Å². The lowest BCUT2D eigenvalue weighted by Crippen LogP contribution is -2.29. The summed E-state index contributed by atoms with van der Waals surface area (Å²) in [5.41, 5.74) is -2.20. The fraction of sp³-hybridized carbons (Fsp3) is 0.250. The number of hydrogen-bond acceptors (Lipinski definition) is 1. The Labute approximate surface area is 129 Å². The minimum Gasteiger partial charge on any atom is -0.380 e. The Hall–Kier alpha value is -1.33. The number of hydrogen-bond donors (Lipinski definition) is 1. The average Bonchev–Trinajstić information content (AvgIpc) is 2.45. The molecule has 0 aliphatic heterocycles. The van der Waals surface area contributed by atoms with Gasteiger partial charge in [0, 0.05) is 10.0 Å². The van der Waals surface area contributed by atoms with Crippen molar-refractivity contribution in [3.63, 3.8) is 0 Å². The highest BCUT2D eigenvalue weighted by Gasteiger charge is 2.40. The van der Waals surface area contributed by atoms with E-state index in [1.807, 2.05) is 0 Å². The molecule has 0 spiro atoms. The molecule has 0 aliphatic carbocycles. The third-order valence-corrected chi connectivity index (χ3v) is 3.99. The van der Waals surface area contributed by atoms with Gasteiger partial charge in [0.1, 0.15) is 5.60 Å². The Kier molecular flexibility index (Phi) is 4.44. The molecule has 0 saturated heterocycles. The third-order valence-electron chi connectivity index (χ3n) is 3.49. The van der Waals surface area contributed by atoms with Crippen molar-refractivity contribution in [2.45, 2.75) is 25.1 Å². The van der Waals surface area contributed by atoms with Crippen LogP contribution in [0.15, 0.2) is 53.0 Å². The van der Waals surface area contributed by atoms with Crippen molar-refractivity contribution in [2.75, 3.05) is 0 Å². The molecule has 1 atom stereocenters. The van der Waals surface area contributed by atoms with Crippen LogP contribution in [-0.4, -0.2) is 5.11 Å². The zero-order valence-corrected chi connectivity index (χ0v) is 12.9. The molecule has 0 fully saturated rings. The third kappa shape index (κ3) is 3.14. The summed E-state index contributed by atoms with van der Waals surface area (Å²) >= 11 is 3.28. The first-order valence-corrected chi connectivity index (χ1v) is 7.23. The molecule has 0 aromatic heterocycles. The van der Waals surface area contributed by atoms with Crippen LogP contribution in [0.5, 0.6) is 0 Å². The van der Waals surface area contributed by atoms with Gasteiger partial charge in [-0.25, -0.2) is 0 Å². The lowest BCUT2D eigenvalue weighted by molar-refractivity contribution is -0.140. The maximum atomic E-state index is 13.2.